The zero-order valence-electron chi connectivity index (χ0n) is 19.7. The summed E-state index contributed by atoms with van der Waals surface area (Å²) in [5.41, 5.74) is 1.56. The number of halogens is 3. The highest BCUT2D eigenvalue weighted by atomic mass is 32.1. The molecule has 8 nitrogen and oxygen atoms in total. The first-order chi connectivity index (χ1) is 17.1. The highest BCUT2D eigenvalue weighted by molar-refractivity contribution is 7.18. The van der Waals surface area contributed by atoms with Gasteiger partial charge in [-0.2, -0.15) is 0 Å². The molecule has 2 aliphatic rings. The lowest BCUT2D eigenvalue weighted by molar-refractivity contribution is -0.323. The standard InChI is InChI=1S/C24H28F3N3O5S/c1-15-18-20(32)29(12-7-16-5-3-2-4-6-16)23(34)30(13-14-35-24(25,26)27)22(18)36-19(15)21(33)28-10-8-17(31)9-11-28/h2-6,17,23,31,34H,7-14H2,1H3. The third-order valence-electron chi connectivity index (χ3n) is 6.45. The number of hydrogen-bond donors (Lipinski definition) is 2. The Kier molecular flexibility index (Phi) is 7.88. The first-order valence-electron chi connectivity index (χ1n) is 11.7. The molecule has 1 atom stereocenters. The van der Waals surface area contributed by atoms with Gasteiger partial charge in [0.25, 0.3) is 11.8 Å². The minimum atomic E-state index is -4.84. The van der Waals surface area contributed by atoms with Crippen molar-refractivity contribution in [1.29, 1.82) is 0 Å². The van der Waals surface area contributed by atoms with Crippen molar-refractivity contribution < 1.29 is 37.7 Å². The Hall–Kier alpha value is -2.67. The van der Waals surface area contributed by atoms with Gasteiger partial charge in [0.05, 0.1) is 23.2 Å². The molecule has 2 N–H and O–H groups in total. The SMILES string of the molecule is Cc1c(C(=O)N2CCC(O)CC2)sc2c1C(=O)N(CCc1ccccc1)C(O)N2CCOC(F)(F)F. The third-order valence-corrected chi connectivity index (χ3v) is 7.77. The van der Waals surface area contributed by atoms with E-state index in [1.165, 1.54) is 9.80 Å². The van der Waals surface area contributed by atoms with Crippen molar-refractivity contribution >= 4 is 28.2 Å². The number of piperidine rings is 1. The van der Waals surface area contributed by atoms with Gasteiger partial charge in [0.2, 0.25) is 6.35 Å². The van der Waals surface area contributed by atoms with Crippen LogP contribution in [0.5, 0.6) is 0 Å². The number of rotatable bonds is 7. The molecular formula is C24H28F3N3O5S. The van der Waals surface area contributed by atoms with Crippen LogP contribution < -0.4 is 4.90 Å². The fourth-order valence-corrected chi connectivity index (χ4v) is 5.79. The Labute approximate surface area is 210 Å². The summed E-state index contributed by atoms with van der Waals surface area (Å²) < 4.78 is 41.8. The zero-order valence-corrected chi connectivity index (χ0v) is 20.5. The highest BCUT2D eigenvalue weighted by Crippen LogP contribution is 2.42. The van der Waals surface area contributed by atoms with E-state index in [1.54, 1.807) is 11.8 Å². The van der Waals surface area contributed by atoms with E-state index in [0.717, 1.165) is 16.9 Å². The molecule has 36 heavy (non-hydrogen) atoms. The van der Waals surface area contributed by atoms with Gasteiger partial charge in [-0.25, -0.2) is 0 Å². The minimum absolute atomic E-state index is 0.128. The monoisotopic (exact) mass is 527 g/mol. The van der Waals surface area contributed by atoms with Gasteiger partial charge in [-0.1, -0.05) is 30.3 Å². The molecule has 0 radical (unpaired) electrons. The lowest BCUT2D eigenvalue weighted by Gasteiger charge is -2.41. The molecule has 2 aliphatic heterocycles. The maximum Gasteiger partial charge on any atom is 0.522 e. The quantitative estimate of drug-likeness (QED) is 0.575. The van der Waals surface area contributed by atoms with E-state index >= 15 is 0 Å². The number of thiophene rings is 1. The molecule has 0 spiro atoms. The zero-order chi connectivity index (χ0) is 26.0. The number of alkyl halides is 3. The van der Waals surface area contributed by atoms with Crippen molar-refractivity contribution in [3.05, 3.63) is 51.9 Å². The van der Waals surface area contributed by atoms with Crippen molar-refractivity contribution in [2.75, 3.05) is 37.7 Å². The minimum Gasteiger partial charge on any atom is -0.393 e. The van der Waals surface area contributed by atoms with Crippen LogP contribution in [0.3, 0.4) is 0 Å². The number of carbonyl (C=O) groups excluding carboxylic acids is 2. The molecule has 12 heteroatoms. The van der Waals surface area contributed by atoms with Gasteiger partial charge in [-0.05, 0) is 37.3 Å². The number of aliphatic hydroxyl groups excluding tert-OH is 2. The second-order valence-electron chi connectivity index (χ2n) is 8.83. The van der Waals surface area contributed by atoms with Crippen LogP contribution in [0.1, 0.15) is 44.0 Å². The number of amides is 2. The summed E-state index contributed by atoms with van der Waals surface area (Å²) in [5.74, 6) is -0.785. The van der Waals surface area contributed by atoms with Gasteiger partial charge in [-0.3, -0.25) is 19.2 Å². The van der Waals surface area contributed by atoms with Crippen LogP contribution in [0.2, 0.25) is 0 Å². The number of aliphatic hydroxyl groups is 2. The highest BCUT2D eigenvalue weighted by Gasteiger charge is 2.41. The van der Waals surface area contributed by atoms with Gasteiger partial charge in [-0.15, -0.1) is 24.5 Å². The van der Waals surface area contributed by atoms with E-state index in [1.807, 2.05) is 30.3 Å². The molecule has 4 rings (SSSR count). The number of hydrogen-bond acceptors (Lipinski definition) is 7. The Morgan fingerprint density at radius 2 is 1.78 bits per heavy atom. The predicted molar refractivity (Wildman–Crippen MR) is 127 cm³/mol. The average Bonchev–Trinajstić information content (AvgIpc) is 3.18. The lowest BCUT2D eigenvalue weighted by atomic mass is 10.0. The van der Waals surface area contributed by atoms with Gasteiger partial charge in [0.1, 0.15) is 5.00 Å². The number of fused-ring (bicyclic) bond motifs is 1. The molecule has 2 aromatic rings. The Morgan fingerprint density at radius 1 is 1.11 bits per heavy atom. The Morgan fingerprint density at radius 3 is 2.42 bits per heavy atom. The number of ether oxygens (including phenoxy) is 1. The van der Waals surface area contributed by atoms with Crippen LogP contribution >= 0.6 is 11.3 Å². The topological polar surface area (TPSA) is 93.6 Å². The molecule has 3 heterocycles. The summed E-state index contributed by atoms with van der Waals surface area (Å²) in [4.78, 5) is 31.1. The van der Waals surface area contributed by atoms with Crippen molar-refractivity contribution in [2.24, 2.45) is 0 Å². The van der Waals surface area contributed by atoms with E-state index in [4.69, 9.17) is 0 Å². The van der Waals surface area contributed by atoms with Crippen molar-refractivity contribution in [3.63, 3.8) is 0 Å². The van der Waals surface area contributed by atoms with Crippen LogP contribution in [-0.4, -0.2) is 83.4 Å². The molecule has 1 fully saturated rings. The Bertz CT molecular complexity index is 1090. The van der Waals surface area contributed by atoms with E-state index in [0.29, 0.717) is 42.8 Å². The summed E-state index contributed by atoms with van der Waals surface area (Å²) in [6.45, 7) is 1.40. The van der Waals surface area contributed by atoms with Crippen LogP contribution in [-0.2, 0) is 11.2 Å². The predicted octanol–water partition coefficient (Wildman–Crippen LogP) is 2.97. The molecule has 1 saturated heterocycles. The van der Waals surface area contributed by atoms with E-state index in [9.17, 15) is 33.0 Å². The lowest BCUT2D eigenvalue weighted by Crippen LogP contribution is -2.56. The van der Waals surface area contributed by atoms with Gasteiger partial charge < -0.3 is 20.0 Å². The number of carbonyl (C=O) groups is 2. The largest absolute Gasteiger partial charge is 0.522 e. The molecular weight excluding hydrogens is 499 g/mol. The van der Waals surface area contributed by atoms with E-state index in [-0.39, 0.29) is 29.6 Å². The first kappa shape index (κ1) is 26.4. The molecule has 0 saturated carbocycles. The Balaban J connectivity index is 1.63. The van der Waals surface area contributed by atoms with Gasteiger partial charge >= 0.3 is 6.36 Å². The summed E-state index contributed by atoms with van der Waals surface area (Å²) in [6.07, 6.45) is -5.50. The smallest absolute Gasteiger partial charge is 0.393 e. The van der Waals surface area contributed by atoms with Crippen molar-refractivity contribution in [3.8, 4) is 0 Å². The fourth-order valence-electron chi connectivity index (χ4n) is 4.48. The van der Waals surface area contributed by atoms with E-state index in [2.05, 4.69) is 4.74 Å². The van der Waals surface area contributed by atoms with E-state index < -0.39 is 31.3 Å². The van der Waals surface area contributed by atoms with Gasteiger partial charge in [0.15, 0.2) is 0 Å². The molecule has 0 bridgehead atoms. The maximum absolute atomic E-state index is 13.5. The average molecular weight is 528 g/mol. The molecule has 1 unspecified atom stereocenters. The van der Waals surface area contributed by atoms with Crippen LogP contribution in [0, 0.1) is 6.92 Å². The molecule has 0 aliphatic carbocycles. The summed E-state index contributed by atoms with van der Waals surface area (Å²) >= 11 is 0.982. The molecule has 196 valence electrons. The fraction of sp³-hybridized carbons (Fsp3) is 0.500. The third kappa shape index (κ3) is 5.66. The maximum atomic E-state index is 13.5. The van der Waals surface area contributed by atoms with Crippen LogP contribution in [0.4, 0.5) is 18.2 Å². The second-order valence-corrected chi connectivity index (χ2v) is 9.83. The molecule has 2 amide bonds. The van der Waals surface area contributed by atoms with Crippen molar-refractivity contribution in [2.45, 2.75) is 45.0 Å². The molecule has 1 aromatic heterocycles. The number of anilines is 1. The first-order valence-corrected chi connectivity index (χ1v) is 12.5. The van der Waals surface area contributed by atoms with Crippen LogP contribution in [0.25, 0.3) is 0 Å². The van der Waals surface area contributed by atoms with Crippen molar-refractivity contribution in [1.82, 2.24) is 9.80 Å². The number of nitrogens with zero attached hydrogens (tertiary/aromatic N) is 3. The number of likely N-dealkylation sites (tertiary alicyclic amines) is 1. The van der Waals surface area contributed by atoms with Gasteiger partial charge in [0, 0.05) is 26.2 Å². The van der Waals surface area contributed by atoms with Crippen LogP contribution in [0.15, 0.2) is 30.3 Å². The molecule has 1 aromatic carbocycles. The second kappa shape index (κ2) is 10.8. The summed E-state index contributed by atoms with van der Waals surface area (Å²) in [5, 5.41) is 21.0. The normalized spacial score (nSPS) is 19.1. The number of benzene rings is 1. The summed E-state index contributed by atoms with van der Waals surface area (Å²) in [7, 11) is 0. The summed E-state index contributed by atoms with van der Waals surface area (Å²) in [6, 6.07) is 9.31.